The maximum atomic E-state index is 9.85. The van der Waals surface area contributed by atoms with Crippen molar-refractivity contribution in [2.45, 2.75) is 6.54 Å². The van der Waals surface area contributed by atoms with Crippen LogP contribution in [-0.4, -0.2) is 0 Å². The second-order valence-electron chi connectivity index (χ2n) is 1.81. The molecule has 1 aromatic carbocycles. The first-order valence-corrected chi connectivity index (χ1v) is 2.82. The van der Waals surface area contributed by atoms with Crippen molar-refractivity contribution in [2.75, 3.05) is 0 Å². The van der Waals surface area contributed by atoms with Crippen molar-refractivity contribution in [3.63, 3.8) is 0 Å². The normalized spacial score (nSPS) is 8.89. The van der Waals surface area contributed by atoms with Gasteiger partial charge >= 0.3 is 0 Å². The van der Waals surface area contributed by atoms with Gasteiger partial charge in [-0.05, 0) is 5.18 Å². The number of hydrogen-bond acceptors (Lipinski definition) is 1. The third-order valence-electron chi connectivity index (χ3n) is 1.12. The molecule has 1 N–H and O–H groups in total. The Balaban J connectivity index is 2.72. The highest BCUT2D eigenvalue weighted by atomic mass is 16.3. The van der Waals surface area contributed by atoms with E-state index < -0.39 is 0 Å². The maximum Gasteiger partial charge on any atom is 0.214 e. The number of hydrogen-bond donors (Lipinski definition) is 1. The van der Waals surface area contributed by atoms with Crippen LogP contribution in [0.4, 0.5) is 0 Å². The highest BCUT2D eigenvalue weighted by Crippen LogP contribution is 1.93. The summed E-state index contributed by atoms with van der Waals surface area (Å²) in [5.41, 5.74) is 1.02. The van der Waals surface area contributed by atoms with E-state index in [4.69, 9.17) is 0 Å². The van der Waals surface area contributed by atoms with Crippen molar-refractivity contribution in [3.8, 4) is 0 Å². The summed E-state index contributed by atoms with van der Waals surface area (Å²) in [6.07, 6.45) is 0. The Kier molecular flexibility index (Phi) is 1.96. The molecule has 0 bridgehead atoms. The molecule has 0 unspecified atom stereocenters. The monoisotopic (exact) mass is 122 g/mol. The summed E-state index contributed by atoms with van der Waals surface area (Å²) in [4.78, 5) is 9.85. The summed E-state index contributed by atoms with van der Waals surface area (Å²) in [7, 11) is 0. The number of nitrogens with one attached hydrogen (secondary N) is 1. The van der Waals surface area contributed by atoms with Crippen molar-refractivity contribution >= 4 is 0 Å². The van der Waals surface area contributed by atoms with E-state index in [-0.39, 0.29) is 0 Å². The van der Waals surface area contributed by atoms with Gasteiger partial charge in [-0.1, -0.05) is 30.3 Å². The second kappa shape index (κ2) is 2.97. The van der Waals surface area contributed by atoms with Gasteiger partial charge in [-0.25, -0.2) is 0 Å². The Hall–Kier alpha value is -1.18. The number of nitroso groups, excluding NO2 is 1. The SMILES string of the molecule is O=[NH+]Cc1ccccc1. The molecule has 1 aromatic rings. The molecule has 1 rings (SSSR count). The van der Waals surface area contributed by atoms with E-state index in [1.807, 2.05) is 35.5 Å². The second-order valence-corrected chi connectivity index (χ2v) is 1.81. The van der Waals surface area contributed by atoms with Crippen LogP contribution >= 0.6 is 0 Å². The fourth-order valence-electron chi connectivity index (χ4n) is 0.679. The topological polar surface area (TPSA) is 31.0 Å². The van der Waals surface area contributed by atoms with Gasteiger partial charge in [0, 0.05) is 10.5 Å². The Morgan fingerprint density at radius 3 is 2.44 bits per heavy atom. The zero-order valence-electron chi connectivity index (χ0n) is 5.00. The first kappa shape index (κ1) is 5.95. The van der Waals surface area contributed by atoms with E-state index in [9.17, 15) is 4.91 Å². The molecule has 0 saturated heterocycles. The average molecular weight is 122 g/mol. The van der Waals surface area contributed by atoms with Crippen molar-refractivity contribution < 1.29 is 5.18 Å². The Labute approximate surface area is 53.5 Å². The molecule has 0 atom stereocenters. The molecular formula is C7H8NO+. The number of rotatable bonds is 2. The van der Waals surface area contributed by atoms with Crippen molar-refractivity contribution in [1.29, 1.82) is 0 Å². The maximum absolute atomic E-state index is 9.85. The molecule has 0 amide bonds. The minimum atomic E-state index is 0.404. The van der Waals surface area contributed by atoms with Crippen molar-refractivity contribution in [3.05, 3.63) is 40.8 Å². The molecule has 0 saturated carbocycles. The molecule has 0 aromatic heterocycles. The quantitative estimate of drug-likeness (QED) is 0.589. The molecule has 0 heterocycles. The summed E-state index contributed by atoms with van der Waals surface area (Å²) in [6.45, 7) is 0.404. The Morgan fingerprint density at radius 2 is 1.89 bits per heavy atom. The summed E-state index contributed by atoms with van der Waals surface area (Å²) in [6, 6.07) is 9.56. The van der Waals surface area contributed by atoms with Gasteiger partial charge < -0.3 is 0 Å². The van der Waals surface area contributed by atoms with Gasteiger partial charge in [0.2, 0.25) is 6.54 Å². The van der Waals surface area contributed by atoms with E-state index in [0.717, 1.165) is 5.56 Å². The predicted molar refractivity (Wildman–Crippen MR) is 34.5 cm³/mol. The third-order valence-corrected chi connectivity index (χ3v) is 1.12. The highest BCUT2D eigenvalue weighted by Gasteiger charge is 1.90. The summed E-state index contributed by atoms with van der Waals surface area (Å²) in [5.74, 6) is 0. The standard InChI is InChI=1S/C7H7NO/c9-8-6-7-4-2-1-3-5-7/h1-5H,6H2/p+1. The van der Waals surface area contributed by atoms with E-state index in [2.05, 4.69) is 0 Å². The van der Waals surface area contributed by atoms with Crippen LogP contribution in [0.15, 0.2) is 30.3 Å². The summed E-state index contributed by atoms with van der Waals surface area (Å²) in [5, 5.41) is 1.83. The van der Waals surface area contributed by atoms with E-state index in [1.165, 1.54) is 0 Å². The van der Waals surface area contributed by atoms with Gasteiger partial charge in [0.05, 0.1) is 0 Å². The van der Waals surface area contributed by atoms with Crippen LogP contribution in [-0.2, 0) is 6.54 Å². The Morgan fingerprint density at radius 1 is 1.22 bits per heavy atom. The van der Waals surface area contributed by atoms with Gasteiger partial charge in [0.15, 0.2) is 0 Å². The highest BCUT2D eigenvalue weighted by molar-refractivity contribution is 5.12. The molecule has 2 heteroatoms. The molecule has 46 valence electrons. The molecule has 0 aliphatic heterocycles. The Bertz CT molecular complexity index is 183. The molecular weight excluding hydrogens is 114 g/mol. The lowest BCUT2D eigenvalue weighted by molar-refractivity contribution is -0.498. The van der Waals surface area contributed by atoms with Crippen molar-refractivity contribution in [1.82, 2.24) is 0 Å². The zero-order chi connectivity index (χ0) is 6.53. The third kappa shape index (κ3) is 1.64. The molecule has 0 aliphatic carbocycles. The van der Waals surface area contributed by atoms with Gasteiger partial charge in [-0.3, -0.25) is 0 Å². The van der Waals surface area contributed by atoms with Crippen LogP contribution in [0.25, 0.3) is 0 Å². The van der Waals surface area contributed by atoms with Crippen molar-refractivity contribution in [2.24, 2.45) is 0 Å². The first-order valence-electron chi connectivity index (χ1n) is 2.82. The van der Waals surface area contributed by atoms with Gasteiger partial charge in [-0.15, -0.1) is 0 Å². The first-order chi connectivity index (χ1) is 4.43. The molecule has 2 nitrogen and oxygen atoms in total. The molecule has 0 aliphatic rings. The van der Waals surface area contributed by atoms with E-state index >= 15 is 0 Å². The fraction of sp³-hybridized carbons (Fsp3) is 0.143. The zero-order valence-corrected chi connectivity index (χ0v) is 5.00. The number of benzene rings is 1. The van der Waals surface area contributed by atoms with Crippen LogP contribution in [0.3, 0.4) is 0 Å². The summed E-state index contributed by atoms with van der Waals surface area (Å²) < 4.78 is 0. The smallest absolute Gasteiger partial charge is 0.0622 e. The predicted octanol–water partition coefficient (Wildman–Crippen LogP) is 0.0336. The van der Waals surface area contributed by atoms with Crippen LogP contribution in [0.1, 0.15) is 5.56 Å². The van der Waals surface area contributed by atoms with Crippen LogP contribution in [0.5, 0.6) is 0 Å². The minimum absolute atomic E-state index is 0.404. The van der Waals surface area contributed by atoms with E-state index in [0.29, 0.717) is 6.54 Å². The van der Waals surface area contributed by atoms with Crippen LogP contribution in [0, 0.1) is 4.91 Å². The van der Waals surface area contributed by atoms with Gasteiger partial charge in [-0.2, -0.15) is 0 Å². The van der Waals surface area contributed by atoms with Gasteiger partial charge in [0.25, 0.3) is 0 Å². The molecule has 0 radical (unpaired) electrons. The largest absolute Gasteiger partial charge is 0.214 e. The van der Waals surface area contributed by atoms with Gasteiger partial charge in [0.1, 0.15) is 0 Å². The molecule has 9 heavy (non-hydrogen) atoms. The molecule has 0 fully saturated rings. The van der Waals surface area contributed by atoms with Crippen LogP contribution in [0.2, 0.25) is 0 Å². The lowest BCUT2D eigenvalue weighted by Gasteiger charge is -1.84. The fourth-order valence-corrected chi connectivity index (χ4v) is 0.679. The average Bonchev–Trinajstić information content (AvgIpc) is 1.91. The lowest BCUT2D eigenvalue weighted by atomic mass is 10.2. The molecule has 0 spiro atoms. The summed E-state index contributed by atoms with van der Waals surface area (Å²) >= 11 is 0. The van der Waals surface area contributed by atoms with Crippen LogP contribution < -0.4 is 5.18 Å². The van der Waals surface area contributed by atoms with E-state index in [1.54, 1.807) is 0 Å². The lowest BCUT2D eigenvalue weighted by Crippen LogP contribution is -2.61. The minimum Gasteiger partial charge on any atom is -0.0622 e.